The van der Waals surface area contributed by atoms with Crippen LogP contribution in [-0.4, -0.2) is 37.9 Å². The Morgan fingerprint density at radius 3 is 2.48 bits per heavy atom. The number of carbonyl (C=O) groups is 3. The van der Waals surface area contributed by atoms with Crippen molar-refractivity contribution in [1.82, 2.24) is 0 Å². The highest BCUT2D eigenvalue weighted by Crippen LogP contribution is 2.33. The molecule has 2 aromatic rings. The molecule has 1 heterocycles. The number of aryl methyl sites for hydroxylation is 3. The summed E-state index contributed by atoms with van der Waals surface area (Å²) in [6.45, 7) is 5.66. The summed E-state index contributed by atoms with van der Waals surface area (Å²) in [7, 11) is 1.53. The van der Waals surface area contributed by atoms with Gasteiger partial charge in [0.25, 0.3) is 0 Å². The van der Waals surface area contributed by atoms with Gasteiger partial charge in [-0.25, -0.2) is 0 Å². The fraction of sp³-hybridized carbons (Fsp3) is 0.348. The van der Waals surface area contributed by atoms with Gasteiger partial charge >= 0.3 is 5.97 Å². The summed E-state index contributed by atoms with van der Waals surface area (Å²) in [6, 6.07) is 10.9. The first-order valence-corrected chi connectivity index (χ1v) is 9.53. The molecule has 1 amide bonds. The lowest BCUT2D eigenvalue weighted by molar-refractivity contribution is -0.147. The van der Waals surface area contributed by atoms with Crippen molar-refractivity contribution in [1.29, 1.82) is 0 Å². The lowest BCUT2D eigenvalue weighted by Crippen LogP contribution is -2.27. The fourth-order valence-electron chi connectivity index (χ4n) is 3.54. The first-order chi connectivity index (χ1) is 13.8. The van der Waals surface area contributed by atoms with Crippen molar-refractivity contribution in [3.8, 4) is 5.75 Å². The Labute approximate surface area is 170 Å². The molecule has 6 heteroatoms. The van der Waals surface area contributed by atoms with Gasteiger partial charge in [0.2, 0.25) is 11.7 Å². The summed E-state index contributed by atoms with van der Waals surface area (Å²) >= 11 is 0. The minimum Gasteiger partial charge on any atom is -0.495 e. The Bertz CT molecular complexity index is 966. The van der Waals surface area contributed by atoms with E-state index in [0.29, 0.717) is 17.0 Å². The number of esters is 1. The van der Waals surface area contributed by atoms with Gasteiger partial charge < -0.3 is 14.4 Å². The van der Waals surface area contributed by atoms with Crippen LogP contribution in [0.25, 0.3) is 0 Å². The van der Waals surface area contributed by atoms with Gasteiger partial charge in [0, 0.05) is 18.5 Å². The van der Waals surface area contributed by atoms with E-state index in [4.69, 9.17) is 9.47 Å². The molecule has 1 aliphatic rings. The third-order valence-electron chi connectivity index (χ3n) is 5.32. The maximum atomic E-state index is 12.5. The van der Waals surface area contributed by atoms with E-state index in [1.54, 1.807) is 18.2 Å². The van der Waals surface area contributed by atoms with Crippen LogP contribution >= 0.6 is 0 Å². The Morgan fingerprint density at radius 2 is 1.76 bits per heavy atom. The molecule has 152 valence electrons. The van der Waals surface area contributed by atoms with Gasteiger partial charge in [-0.2, -0.15) is 0 Å². The van der Waals surface area contributed by atoms with Gasteiger partial charge in [-0.05, 0) is 55.7 Å². The van der Waals surface area contributed by atoms with E-state index in [9.17, 15) is 14.4 Å². The highest BCUT2D eigenvalue weighted by molar-refractivity contribution is 6.02. The molecule has 3 rings (SSSR count). The Balaban J connectivity index is 1.64. The molecule has 0 unspecified atom stereocenters. The number of ether oxygens (including phenoxy) is 2. The van der Waals surface area contributed by atoms with Crippen molar-refractivity contribution >= 4 is 23.3 Å². The predicted molar refractivity (Wildman–Crippen MR) is 109 cm³/mol. The molecule has 0 aliphatic carbocycles. The van der Waals surface area contributed by atoms with Gasteiger partial charge in [-0.3, -0.25) is 14.4 Å². The van der Waals surface area contributed by atoms with Crippen LogP contribution in [0.1, 0.15) is 33.5 Å². The number of anilines is 1. The zero-order valence-electron chi connectivity index (χ0n) is 17.2. The molecule has 1 saturated heterocycles. The number of amides is 1. The topological polar surface area (TPSA) is 72.9 Å². The van der Waals surface area contributed by atoms with Crippen LogP contribution < -0.4 is 9.64 Å². The molecule has 0 radical (unpaired) electrons. The molecule has 1 atom stereocenters. The number of para-hydroxylation sites is 2. The second-order valence-electron chi connectivity index (χ2n) is 7.36. The standard InChI is InChI=1S/C23H25NO5/c1-14-9-16(3)18(10-15(14)2)20(25)13-29-23(27)17-11-22(26)24(12-17)19-7-5-6-8-21(19)28-4/h5-10,17H,11-13H2,1-4H3/t17-/m1/s1. The lowest BCUT2D eigenvalue weighted by Gasteiger charge is -2.19. The Kier molecular flexibility index (Phi) is 6.01. The minimum absolute atomic E-state index is 0.0493. The molecule has 0 aromatic heterocycles. The van der Waals surface area contributed by atoms with Crippen molar-refractivity contribution in [2.45, 2.75) is 27.2 Å². The number of benzene rings is 2. The largest absolute Gasteiger partial charge is 0.495 e. The molecule has 1 fully saturated rings. The number of nitrogens with zero attached hydrogens (tertiary/aromatic N) is 1. The summed E-state index contributed by atoms with van der Waals surface area (Å²) in [6.07, 6.45) is 0.0493. The molecule has 0 spiro atoms. The van der Waals surface area contributed by atoms with Crippen molar-refractivity contribution in [2.24, 2.45) is 5.92 Å². The van der Waals surface area contributed by atoms with Crippen LogP contribution in [0.2, 0.25) is 0 Å². The van der Waals surface area contributed by atoms with Crippen LogP contribution in [-0.2, 0) is 14.3 Å². The highest BCUT2D eigenvalue weighted by Gasteiger charge is 2.37. The number of hydrogen-bond acceptors (Lipinski definition) is 5. The first-order valence-electron chi connectivity index (χ1n) is 9.53. The third kappa shape index (κ3) is 4.31. The van der Waals surface area contributed by atoms with Crippen LogP contribution in [0.15, 0.2) is 36.4 Å². The van der Waals surface area contributed by atoms with E-state index in [-0.39, 0.29) is 31.3 Å². The van der Waals surface area contributed by atoms with Crippen LogP contribution in [0, 0.1) is 26.7 Å². The average Bonchev–Trinajstić information content (AvgIpc) is 3.10. The lowest BCUT2D eigenvalue weighted by atomic mass is 9.98. The van der Waals surface area contributed by atoms with E-state index in [1.807, 2.05) is 39.0 Å². The molecule has 0 N–H and O–H groups in total. The monoisotopic (exact) mass is 395 g/mol. The van der Waals surface area contributed by atoms with E-state index < -0.39 is 11.9 Å². The van der Waals surface area contributed by atoms with Gasteiger partial charge in [-0.1, -0.05) is 18.2 Å². The number of Topliss-reactive ketones (excluding diaryl/α,β-unsaturated/α-hetero) is 1. The van der Waals surface area contributed by atoms with E-state index in [2.05, 4.69) is 0 Å². The molecule has 1 aliphatic heterocycles. The number of rotatable bonds is 6. The van der Waals surface area contributed by atoms with Crippen LogP contribution in [0.5, 0.6) is 5.75 Å². The molecule has 0 bridgehead atoms. The average molecular weight is 395 g/mol. The summed E-state index contributed by atoms with van der Waals surface area (Å²) in [5.41, 5.74) is 4.15. The van der Waals surface area contributed by atoms with Crippen LogP contribution in [0.4, 0.5) is 5.69 Å². The zero-order valence-corrected chi connectivity index (χ0v) is 17.2. The predicted octanol–water partition coefficient (Wildman–Crippen LogP) is 3.40. The number of methoxy groups -OCH3 is 1. The van der Waals surface area contributed by atoms with Gasteiger partial charge in [-0.15, -0.1) is 0 Å². The summed E-state index contributed by atoms with van der Waals surface area (Å²) in [5.74, 6) is -1.00. The smallest absolute Gasteiger partial charge is 0.311 e. The summed E-state index contributed by atoms with van der Waals surface area (Å²) < 4.78 is 10.6. The molecule has 6 nitrogen and oxygen atoms in total. The fourth-order valence-corrected chi connectivity index (χ4v) is 3.54. The number of hydrogen-bond donors (Lipinski definition) is 0. The SMILES string of the molecule is COc1ccccc1N1C[C@H](C(=O)OCC(=O)c2cc(C)c(C)cc2C)CC1=O. The molecule has 0 saturated carbocycles. The molecule has 29 heavy (non-hydrogen) atoms. The second kappa shape index (κ2) is 8.47. The third-order valence-corrected chi connectivity index (χ3v) is 5.32. The first kappa shape index (κ1) is 20.6. The van der Waals surface area contributed by atoms with Gasteiger partial charge in [0.1, 0.15) is 5.75 Å². The van der Waals surface area contributed by atoms with Crippen molar-refractivity contribution in [2.75, 3.05) is 25.2 Å². The summed E-state index contributed by atoms with van der Waals surface area (Å²) in [5, 5.41) is 0. The van der Waals surface area contributed by atoms with Crippen LogP contribution in [0.3, 0.4) is 0 Å². The Hall–Kier alpha value is -3.15. The quantitative estimate of drug-likeness (QED) is 0.554. The molecular formula is C23H25NO5. The number of carbonyl (C=O) groups excluding carboxylic acids is 3. The highest BCUT2D eigenvalue weighted by atomic mass is 16.5. The van der Waals surface area contributed by atoms with Crippen molar-refractivity contribution in [3.63, 3.8) is 0 Å². The van der Waals surface area contributed by atoms with Crippen molar-refractivity contribution < 1.29 is 23.9 Å². The van der Waals surface area contributed by atoms with E-state index in [1.165, 1.54) is 12.0 Å². The van der Waals surface area contributed by atoms with E-state index >= 15 is 0 Å². The second-order valence-corrected chi connectivity index (χ2v) is 7.36. The maximum Gasteiger partial charge on any atom is 0.311 e. The molecular weight excluding hydrogens is 370 g/mol. The molecule has 2 aromatic carbocycles. The van der Waals surface area contributed by atoms with Crippen molar-refractivity contribution in [3.05, 3.63) is 58.7 Å². The van der Waals surface area contributed by atoms with E-state index in [0.717, 1.165) is 16.7 Å². The summed E-state index contributed by atoms with van der Waals surface area (Å²) in [4.78, 5) is 38.9. The normalized spacial score (nSPS) is 16.1. The zero-order chi connectivity index (χ0) is 21.1. The van der Waals surface area contributed by atoms with Gasteiger partial charge in [0.15, 0.2) is 6.61 Å². The Morgan fingerprint density at radius 1 is 1.07 bits per heavy atom. The number of ketones is 1. The van der Waals surface area contributed by atoms with Gasteiger partial charge in [0.05, 0.1) is 18.7 Å². The minimum atomic E-state index is -0.610. The maximum absolute atomic E-state index is 12.5.